The Hall–Kier alpha value is -2.09. The first-order valence-corrected chi connectivity index (χ1v) is 6.21. The van der Waals surface area contributed by atoms with Gasteiger partial charge < -0.3 is 5.73 Å². The quantitative estimate of drug-likeness (QED) is 0.880. The summed E-state index contributed by atoms with van der Waals surface area (Å²) in [5.41, 5.74) is 11.5. The molecule has 0 spiro atoms. The number of aryl methyl sites for hydroxylation is 1. The molecule has 0 saturated heterocycles. The fourth-order valence-electron chi connectivity index (χ4n) is 2.07. The minimum atomic E-state index is 0.769. The molecule has 2 rings (SSSR count). The van der Waals surface area contributed by atoms with Gasteiger partial charge >= 0.3 is 0 Å². The van der Waals surface area contributed by atoms with Crippen LogP contribution in [0.1, 0.15) is 25.0 Å². The van der Waals surface area contributed by atoms with E-state index in [0.717, 1.165) is 23.2 Å². The predicted molar refractivity (Wildman–Crippen MR) is 78.2 cm³/mol. The van der Waals surface area contributed by atoms with Gasteiger partial charge in [-0.1, -0.05) is 37.3 Å². The first-order chi connectivity index (χ1) is 8.76. The van der Waals surface area contributed by atoms with Gasteiger partial charge in [0, 0.05) is 23.6 Å². The molecule has 0 atom stereocenters. The molecule has 1 aromatic heterocycles. The van der Waals surface area contributed by atoms with Crippen LogP contribution in [0.4, 0.5) is 5.69 Å². The van der Waals surface area contributed by atoms with Crippen molar-refractivity contribution in [2.24, 2.45) is 0 Å². The van der Waals surface area contributed by atoms with Gasteiger partial charge in [-0.3, -0.25) is 4.98 Å². The number of rotatable bonds is 3. The number of benzene rings is 1. The van der Waals surface area contributed by atoms with Gasteiger partial charge in [0.1, 0.15) is 0 Å². The second-order valence-corrected chi connectivity index (χ2v) is 4.23. The number of allylic oxidation sites excluding steroid dienone is 1. The smallest absolute Gasteiger partial charge is 0.0424 e. The van der Waals surface area contributed by atoms with E-state index in [2.05, 4.69) is 42.3 Å². The Morgan fingerprint density at radius 2 is 2.11 bits per heavy atom. The van der Waals surface area contributed by atoms with Crippen molar-refractivity contribution in [1.29, 1.82) is 0 Å². The summed E-state index contributed by atoms with van der Waals surface area (Å²) in [6.07, 6.45) is 8.74. The van der Waals surface area contributed by atoms with Crippen LogP contribution < -0.4 is 5.73 Å². The number of aromatic nitrogens is 1. The maximum absolute atomic E-state index is 5.99. The van der Waals surface area contributed by atoms with Gasteiger partial charge in [0.05, 0.1) is 0 Å². The molecule has 0 bridgehead atoms. The maximum Gasteiger partial charge on any atom is 0.0424 e. The van der Waals surface area contributed by atoms with Crippen molar-refractivity contribution in [3.8, 4) is 11.1 Å². The average molecular weight is 238 g/mol. The second kappa shape index (κ2) is 5.50. The second-order valence-electron chi connectivity index (χ2n) is 4.23. The van der Waals surface area contributed by atoms with E-state index in [9.17, 15) is 0 Å². The normalized spacial score (nSPS) is 11.0. The monoisotopic (exact) mass is 238 g/mol. The summed E-state index contributed by atoms with van der Waals surface area (Å²) in [6.45, 7) is 4.20. The van der Waals surface area contributed by atoms with Crippen molar-refractivity contribution < 1.29 is 0 Å². The van der Waals surface area contributed by atoms with Gasteiger partial charge in [0.25, 0.3) is 0 Å². The molecule has 2 N–H and O–H groups in total. The molecule has 2 aromatic rings. The Morgan fingerprint density at radius 1 is 1.28 bits per heavy atom. The van der Waals surface area contributed by atoms with E-state index in [1.807, 2.05) is 19.2 Å². The number of anilines is 1. The summed E-state index contributed by atoms with van der Waals surface area (Å²) in [5, 5.41) is 0. The molecular formula is C16H18N2. The number of nitrogens with two attached hydrogens (primary N) is 1. The van der Waals surface area contributed by atoms with Crippen molar-refractivity contribution in [1.82, 2.24) is 4.98 Å². The van der Waals surface area contributed by atoms with Crippen LogP contribution in [0.15, 0.2) is 42.7 Å². The average Bonchev–Trinajstić information content (AvgIpc) is 2.40. The highest BCUT2D eigenvalue weighted by Gasteiger charge is 2.05. The van der Waals surface area contributed by atoms with Crippen molar-refractivity contribution >= 4 is 11.8 Å². The molecule has 2 nitrogen and oxygen atoms in total. The van der Waals surface area contributed by atoms with E-state index >= 15 is 0 Å². The molecular weight excluding hydrogens is 220 g/mol. The van der Waals surface area contributed by atoms with Crippen LogP contribution in [0.5, 0.6) is 0 Å². The molecule has 0 aliphatic rings. The van der Waals surface area contributed by atoms with Crippen LogP contribution in [0.25, 0.3) is 17.2 Å². The Labute approximate surface area is 108 Å². The van der Waals surface area contributed by atoms with Crippen LogP contribution in [0, 0.1) is 0 Å². The van der Waals surface area contributed by atoms with Crippen LogP contribution in [-0.4, -0.2) is 4.98 Å². The lowest BCUT2D eigenvalue weighted by Crippen LogP contribution is -1.93. The highest BCUT2D eigenvalue weighted by molar-refractivity contribution is 5.76. The van der Waals surface area contributed by atoms with Crippen molar-refractivity contribution in [2.75, 3.05) is 5.73 Å². The number of nitrogen functional groups attached to an aromatic ring is 1. The zero-order valence-corrected chi connectivity index (χ0v) is 10.9. The standard InChI is InChI=1S/C16H18N2/c1-3-5-13-6-7-14(10-12(13)4-2)15-11-18-9-8-16(15)17/h3,5-11H,4H2,1-2H3,(H2,17,18)/b5-3-. The lowest BCUT2D eigenvalue weighted by molar-refractivity contribution is 1.13. The minimum absolute atomic E-state index is 0.769. The largest absolute Gasteiger partial charge is 0.398 e. The molecule has 18 heavy (non-hydrogen) atoms. The molecule has 92 valence electrons. The predicted octanol–water partition coefficient (Wildman–Crippen LogP) is 3.93. The molecule has 0 unspecified atom stereocenters. The number of hydrogen-bond donors (Lipinski definition) is 1. The third kappa shape index (κ3) is 2.43. The zero-order valence-electron chi connectivity index (χ0n) is 10.9. The number of pyridine rings is 1. The Kier molecular flexibility index (Phi) is 3.78. The molecule has 2 heteroatoms. The Morgan fingerprint density at radius 3 is 2.78 bits per heavy atom. The summed E-state index contributed by atoms with van der Waals surface area (Å²) in [4.78, 5) is 4.14. The molecule has 0 amide bonds. The zero-order chi connectivity index (χ0) is 13.0. The van der Waals surface area contributed by atoms with Crippen LogP contribution in [0.2, 0.25) is 0 Å². The van der Waals surface area contributed by atoms with E-state index in [4.69, 9.17) is 5.73 Å². The topological polar surface area (TPSA) is 38.9 Å². The summed E-state index contributed by atoms with van der Waals surface area (Å²) in [7, 11) is 0. The fraction of sp³-hybridized carbons (Fsp3) is 0.188. The minimum Gasteiger partial charge on any atom is -0.398 e. The lowest BCUT2D eigenvalue weighted by atomic mass is 9.97. The van der Waals surface area contributed by atoms with Crippen LogP contribution in [-0.2, 0) is 6.42 Å². The van der Waals surface area contributed by atoms with E-state index in [-0.39, 0.29) is 0 Å². The van der Waals surface area contributed by atoms with Crippen molar-refractivity contribution in [3.05, 3.63) is 53.9 Å². The molecule has 0 radical (unpaired) electrons. The van der Waals surface area contributed by atoms with Gasteiger partial charge in [-0.25, -0.2) is 0 Å². The van der Waals surface area contributed by atoms with Crippen LogP contribution in [0.3, 0.4) is 0 Å². The van der Waals surface area contributed by atoms with E-state index in [1.165, 1.54) is 11.1 Å². The van der Waals surface area contributed by atoms with Gasteiger partial charge in [0.15, 0.2) is 0 Å². The van der Waals surface area contributed by atoms with Crippen molar-refractivity contribution in [3.63, 3.8) is 0 Å². The molecule has 0 saturated carbocycles. The summed E-state index contributed by atoms with van der Waals surface area (Å²) < 4.78 is 0. The Balaban J connectivity index is 2.51. The maximum atomic E-state index is 5.99. The molecule has 0 aliphatic carbocycles. The highest BCUT2D eigenvalue weighted by Crippen LogP contribution is 2.27. The molecule has 1 heterocycles. The molecule has 0 fully saturated rings. The first kappa shape index (κ1) is 12.4. The first-order valence-electron chi connectivity index (χ1n) is 6.21. The lowest BCUT2D eigenvalue weighted by Gasteiger charge is -2.09. The number of hydrogen-bond acceptors (Lipinski definition) is 2. The van der Waals surface area contributed by atoms with E-state index < -0.39 is 0 Å². The SMILES string of the molecule is C/C=C\c1ccc(-c2cnccc2N)cc1CC. The van der Waals surface area contributed by atoms with E-state index in [0.29, 0.717) is 0 Å². The Bertz CT molecular complexity index is 571. The van der Waals surface area contributed by atoms with Gasteiger partial charge in [-0.05, 0) is 36.1 Å². The summed E-state index contributed by atoms with van der Waals surface area (Å²) in [5.74, 6) is 0. The summed E-state index contributed by atoms with van der Waals surface area (Å²) in [6, 6.07) is 8.27. The fourth-order valence-corrected chi connectivity index (χ4v) is 2.07. The highest BCUT2D eigenvalue weighted by atomic mass is 14.7. The molecule has 0 aliphatic heterocycles. The van der Waals surface area contributed by atoms with Crippen LogP contribution >= 0.6 is 0 Å². The van der Waals surface area contributed by atoms with Gasteiger partial charge in [-0.15, -0.1) is 0 Å². The third-order valence-corrected chi connectivity index (χ3v) is 3.04. The van der Waals surface area contributed by atoms with Gasteiger partial charge in [0.2, 0.25) is 0 Å². The van der Waals surface area contributed by atoms with Gasteiger partial charge in [-0.2, -0.15) is 0 Å². The number of nitrogens with zero attached hydrogens (tertiary/aromatic N) is 1. The third-order valence-electron chi connectivity index (χ3n) is 3.04. The summed E-state index contributed by atoms with van der Waals surface area (Å²) >= 11 is 0. The molecule has 1 aromatic carbocycles. The van der Waals surface area contributed by atoms with Crippen molar-refractivity contribution in [2.45, 2.75) is 20.3 Å². The van der Waals surface area contributed by atoms with E-state index in [1.54, 1.807) is 6.20 Å².